The molecule has 0 aliphatic rings. The zero-order valence-corrected chi connectivity index (χ0v) is 14.9. The number of carbonyl (C=O) groups is 1. The second-order valence-corrected chi connectivity index (χ2v) is 7.03. The van der Waals surface area contributed by atoms with Crippen LogP contribution in [0.15, 0.2) is 63.4 Å². The van der Waals surface area contributed by atoms with Gasteiger partial charge in [-0.2, -0.15) is 5.10 Å². The minimum atomic E-state index is -0.0680. The van der Waals surface area contributed by atoms with E-state index in [1.165, 1.54) is 15.4 Å². The molecular formula is C18H20N2OS2. The van der Waals surface area contributed by atoms with Gasteiger partial charge in [0.15, 0.2) is 0 Å². The lowest BCUT2D eigenvalue weighted by atomic mass is 10.2. The van der Waals surface area contributed by atoms with Gasteiger partial charge >= 0.3 is 0 Å². The number of hydrogen-bond donors (Lipinski definition) is 1. The minimum Gasteiger partial charge on any atom is -0.273 e. The van der Waals surface area contributed by atoms with E-state index in [4.69, 9.17) is 0 Å². The summed E-state index contributed by atoms with van der Waals surface area (Å²) in [5.74, 6) is 0.675. The number of aryl methyl sites for hydroxylation is 1. The summed E-state index contributed by atoms with van der Waals surface area (Å²) >= 11 is 3.37. The Morgan fingerprint density at radius 2 is 1.74 bits per heavy atom. The van der Waals surface area contributed by atoms with E-state index < -0.39 is 0 Å². The molecule has 0 aliphatic carbocycles. The molecule has 0 atom stereocenters. The molecule has 0 fully saturated rings. The van der Waals surface area contributed by atoms with E-state index in [0.29, 0.717) is 6.42 Å². The SMILES string of the molecule is CSc1ccc(/C=N/NC(=O)CCSc2ccc(C)cc2)cc1. The van der Waals surface area contributed by atoms with Crippen molar-refractivity contribution in [3.8, 4) is 0 Å². The Morgan fingerprint density at radius 3 is 2.39 bits per heavy atom. The van der Waals surface area contributed by atoms with Gasteiger partial charge in [0.1, 0.15) is 0 Å². The number of hydrazone groups is 1. The van der Waals surface area contributed by atoms with E-state index >= 15 is 0 Å². The summed E-state index contributed by atoms with van der Waals surface area (Å²) in [5, 5.41) is 3.99. The Kier molecular flexibility index (Phi) is 7.23. The van der Waals surface area contributed by atoms with Crippen molar-refractivity contribution in [2.45, 2.75) is 23.1 Å². The average Bonchev–Trinajstić information content (AvgIpc) is 2.57. The highest BCUT2D eigenvalue weighted by molar-refractivity contribution is 7.99. The number of rotatable bonds is 7. The smallest absolute Gasteiger partial charge is 0.240 e. The molecule has 5 heteroatoms. The first-order valence-corrected chi connectivity index (χ1v) is 9.54. The van der Waals surface area contributed by atoms with Crippen molar-refractivity contribution in [3.05, 3.63) is 59.7 Å². The van der Waals surface area contributed by atoms with Gasteiger partial charge in [-0.05, 0) is 43.0 Å². The van der Waals surface area contributed by atoms with Gasteiger partial charge in [0.25, 0.3) is 0 Å². The zero-order valence-electron chi connectivity index (χ0n) is 13.3. The van der Waals surface area contributed by atoms with Gasteiger partial charge < -0.3 is 0 Å². The predicted octanol–water partition coefficient (Wildman–Crippen LogP) is 4.35. The molecule has 0 spiro atoms. The summed E-state index contributed by atoms with van der Waals surface area (Å²) in [4.78, 5) is 14.1. The fourth-order valence-corrected chi connectivity index (χ4v) is 3.08. The van der Waals surface area contributed by atoms with Gasteiger partial charge in [0, 0.05) is 22.0 Å². The number of benzene rings is 2. The van der Waals surface area contributed by atoms with Gasteiger partial charge in [-0.15, -0.1) is 23.5 Å². The number of hydrogen-bond acceptors (Lipinski definition) is 4. The van der Waals surface area contributed by atoms with Crippen molar-refractivity contribution >= 4 is 35.6 Å². The summed E-state index contributed by atoms with van der Waals surface area (Å²) in [7, 11) is 0. The maximum Gasteiger partial charge on any atom is 0.240 e. The Hall–Kier alpha value is -1.72. The van der Waals surface area contributed by atoms with Crippen molar-refractivity contribution < 1.29 is 4.79 Å². The fourth-order valence-electron chi connectivity index (χ4n) is 1.82. The van der Waals surface area contributed by atoms with Crippen LogP contribution < -0.4 is 5.43 Å². The normalized spacial score (nSPS) is 10.9. The molecule has 3 nitrogen and oxygen atoms in total. The number of thioether (sulfide) groups is 2. The molecule has 0 bridgehead atoms. The van der Waals surface area contributed by atoms with Crippen LogP contribution in [0.25, 0.3) is 0 Å². The fraction of sp³-hybridized carbons (Fsp3) is 0.222. The van der Waals surface area contributed by atoms with Crippen LogP contribution in [0.4, 0.5) is 0 Å². The quantitative estimate of drug-likeness (QED) is 0.461. The van der Waals surface area contributed by atoms with Gasteiger partial charge in [-0.3, -0.25) is 4.79 Å². The standard InChI is InChI=1S/C18H20N2OS2/c1-14-3-7-17(8-4-14)23-12-11-18(21)20-19-13-15-5-9-16(22-2)10-6-15/h3-10,13H,11-12H2,1-2H3,(H,20,21)/b19-13+. The van der Waals surface area contributed by atoms with E-state index in [9.17, 15) is 4.79 Å². The van der Waals surface area contributed by atoms with E-state index in [1.807, 2.05) is 30.5 Å². The van der Waals surface area contributed by atoms with Crippen molar-refractivity contribution in [1.82, 2.24) is 5.43 Å². The maximum absolute atomic E-state index is 11.7. The Bertz CT molecular complexity index is 652. The Balaban J connectivity index is 1.69. The van der Waals surface area contributed by atoms with Gasteiger partial charge in [0.05, 0.1) is 6.21 Å². The van der Waals surface area contributed by atoms with Crippen LogP contribution >= 0.6 is 23.5 Å². The van der Waals surface area contributed by atoms with Gasteiger partial charge in [0.2, 0.25) is 5.91 Å². The molecule has 2 aromatic carbocycles. The molecule has 0 radical (unpaired) electrons. The van der Waals surface area contributed by atoms with Crippen LogP contribution in [-0.4, -0.2) is 24.1 Å². The molecule has 2 rings (SSSR count). The molecule has 0 aromatic heterocycles. The van der Waals surface area contributed by atoms with Crippen molar-refractivity contribution in [2.24, 2.45) is 5.10 Å². The molecule has 1 N–H and O–H groups in total. The average molecular weight is 345 g/mol. The minimum absolute atomic E-state index is 0.0680. The lowest BCUT2D eigenvalue weighted by molar-refractivity contribution is -0.120. The largest absolute Gasteiger partial charge is 0.273 e. The second kappa shape index (κ2) is 9.43. The third kappa shape index (κ3) is 6.50. The first-order chi connectivity index (χ1) is 11.2. The molecular weight excluding hydrogens is 324 g/mol. The van der Waals surface area contributed by atoms with Crippen LogP contribution in [0.5, 0.6) is 0 Å². The summed E-state index contributed by atoms with van der Waals surface area (Å²) in [6.45, 7) is 2.06. The predicted molar refractivity (Wildman–Crippen MR) is 100 cm³/mol. The number of amides is 1. The Morgan fingerprint density at radius 1 is 1.09 bits per heavy atom. The van der Waals surface area contributed by atoms with Crippen molar-refractivity contribution in [1.29, 1.82) is 0 Å². The van der Waals surface area contributed by atoms with Crippen molar-refractivity contribution in [3.63, 3.8) is 0 Å². The van der Waals surface area contributed by atoms with Crippen LogP contribution in [-0.2, 0) is 4.79 Å². The molecule has 2 aromatic rings. The zero-order chi connectivity index (χ0) is 16.5. The third-order valence-corrected chi connectivity index (χ3v) is 4.89. The van der Waals surface area contributed by atoms with Crippen LogP contribution in [0.1, 0.15) is 17.5 Å². The van der Waals surface area contributed by atoms with E-state index in [2.05, 4.69) is 41.7 Å². The molecule has 1 amide bonds. The van der Waals surface area contributed by atoms with Gasteiger partial charge in [-0.25, -0.2) is 5.43 Å². The molecule has 0 heterocycles. The van der Waals surface area contributed by atoms with Crippen molar-refractivity contribution in [2.75, 3.05) is 12.0 Å². The summed E-state index contributed by atoms with van der Waals surface area (Å²) in [6, 6.07) is 16.3. The lowest BCUT2D eigenvalue weighted by Crippen LogP contribution is -2.17. The highest BCUT2D eigenvalue weighted by atomic mass is 32.2. The number of carbonyl (C=O) groups excluding carboxylic acids is 1. The molecule has 120 valence electrons. The molecule has 0 saturated heterocycles. The summed E-state index contributed by atoms with van der Waals surface area (Å²) < 4.78 is 0. The van der Waals surface area contributed by atoms with E-state index in [1.54, 1.807) is 29.7 Å². The first kappa shape index (κ1) is 17.6. The molecule has 0 aliphatic heterocycles. The molecule has 0 saturated carbocycles. The van der Waals surface area contributed by atoms with Gasteiger partial charge in [-0.1, -0.05) is 29.8 Å². The maximum atomic E-state index is 11.7. The monoisotopic (exact) mass is 344 g/mol. The van der Waals surface area contributed by atoms with Crippen LogP contribution in [0, 0.1) is 6.92 Å². The van der Waals surface area contributed by atoms with Crippen LogP contribution in [0.2, 0.25) is 0 Å². The summed E-state index contributed by atoms with van der Waals surface area (Å²) in [5.41, 5.74) is 4.78. The topological polar surface area (TPSA) is 41.5 Å². The first-order valence-electron chi connectivity index (χ1n) is 7.33. The molecule has 0 unspecified atom stereocenters. The molecule has 23 heavy (non-hydrogen) atoms. The number of nitrogens with zero attached hydrogens (tertiary/aromatic N) is 1. The highest BCUT2D eigenvalue weighted by Gasteiger charge is 2.00. The second-order valence-electron chi connectivity index (χ2n) is 4.98. The third-order valence-electron chi connectivity index (χ3n) is 3.14. The highest BCUT2D eigenvalue weighted by Crippen LogP contribution is 2.18. The number of nitrogens with one attached hydrogen (secondary N) is 1. The summed E-state index contributed by atoms with van der Waals surface area (Å²) in [6.07, 6.45) is 4.15. The Labute approximate surface area is 146 Å². The van der Waals surface area contributed by atoms with E-state index in [-0.39, 0.29) is 5.91 Å². The van der Waals surface area contributed by atoms with Crippen LogP contribution in [0.3, 0.4) is 0 Å². The van der Waals surface area contributed by atoms with E-state index in [0.717, 1.165) is 11.3 Å². The lowest BCUT2D eigenvalue weighted by Gasteiger charge is -2.02.